The second kappa shape index (κ2) is 15.0. The Balaban J connectivity index is 2.17. The number of hydrogen-bond acceptors (Lipinski definition) is 4. The second-order valence-electron chi connectivity index (χ2n) is 8.34. The lowest BCUT2D eigenvalue weighted by atomic mass is 10.0. The Morgan fingerprint density at radius 1 is 0.710 bits per heavy atom. The quantitative estimate of drug-likeness (QED) is 0.180. The molecule has 0 saturated heterocycles. The summed E-state index contributed by atoms with van der Waals surface area (Å²) in [5, 5.41) is 0. The molecule has 180 valence electrons. The zero-order valence-electron chi connectivity index (χ0n) is 19.2. The van der Waals surface area contributed by atoms with Crippen LogP contribution in [0.5, 0.6) is 0 Å². The van der Waals surface area contributed by atoms with Gasteiger partial charge in [-0.1, -0.05) is 96.5 Å². The van der Waals surface area contributed by atoms with Crippen molar-refractivity contribution < 1.29 is 20.7 Å². The van der Waals surface area contributed by atoms with Crippen LogP contribution in [0.25, 0.3) is 0 Å². The number of benzene rings is 1. The molecule has 1 aromatic carbocycles. The van der Waals surface area contributed by atoms with Crippen molar-refractivity contribution in [3.63, 3.8) is 0 Å². The molecule has 5 nitrogen and oxygen atoms in total. The molecule has 8 heteroatoms. The Bertz CT molecular complexity index is 826. The van der Waals surface area contributed by atoms with E-state index in [9.17, 15) is 20.7 Å². The van der Waals surface area contributed by atoms with E-state index in [1.807, 2.05) is 0 Å². The zero-order chi connectivity index (χ0) is 23.2. The van der Waals surface area contributed by atoms with Crippen molar-refractivity contribution in [3.05, 3.63) is 24.3 Å². The fraction of sp³-hybridized carbons (Fsp3) is 0.739. The molecule has 0 N–H and O–H groups in total. The molecular formula is C23H40FNO4S2. The number of hydrogen-bond donors (Lipinski definition) is 0. The summed E-state index contributed by atoms with van der Waals surface area (Å²) in [5.74, 6) is 0. The van der Waals surface area contributed by atoms with Crippen LogP contribution in [-0.2, 0) is 20.2 Å². The smallest absolute Gasteiger partial charge is 0.207 e. The summed E-state index contributed by atoms with van der Waals surface area (Å²) < 4.78 is 61.6. The first-order valence-electron chi connectivity index (χ1n) is 11.7. The van der Waals surface area contributed by atoms with Crippen molar-refractivity contribution in [2.24, 2.45) is 0 Å². The van der Waals surface area contributed by atoms with Crippen LogP contribution in [0.15, 0.2) is 34.1 Å². The van der Waals surface area contributed by atoms with E-state index >= 15 is 0 Å². The van der Waals surface area contributed by atoms with Gasteiger partial charge in [-0.3, -0.25) is 0 Å². The van der Waals surface area contributed by atoms with Gasteiger partial charge in [0.1, 0.15) is 0 Å². The predicted octanol–water partition coefficient (Wildman–Crippen LogP) is 6.45. The highest BCUT2D eigenvalue weighted by molar-refractivity contribution is 7.89. The van der Waals surface area contributed by atoms with Crippen molar-refractivity contribution >= 4 is 20.2 Å². The summed E-state index contributed by atoms with van der Waals surface area (Å²) in [5.41, 5.74) is 0. The van der Waals surface area contributed by atoms with E-state index < -0.39 is 25.1 Å². The number of rotatable bonds is 18. The first-order valence-corrected chi connectivity index (χ1v) is 14.5. The van der Waals surface area contributed by atoms with Crippen LogP contribution in [0.3, 0.4) is 0 Å². The van der Waals surface area contributed by atoms with Gasteiger partial charge in [0.15, 0.2) is 0 Å². The summed E-state index contributed by atoms with van der Waals surface area (Å²) in [4.78, 5) is -0.849. The maximum absolute atomic E-state index is 13.1. The Kier molecular flexibility index (Phi) is 13.5. The summed E-state index contributed by atoms with van der Waals surface area (Å²) >= 11 is 0. The highest BCUT2D eigenvalue weighted by atomic mass is 32.3. The van der Waals surface area contributed by atoms with Gasteiger partial charge in [0.25, 0.3) is 0 Å². The molecule has 0 heterocycles. The first-order chi connectivity index (χ1) is 14.7. The number of nitrogens with zero attached hydrogens (tertiary/aromatic N) is 1. The lowest BCUT2D eigenvalue weighted by Gasteiger charge is -2.17. The number of sulfonamides is 1. The Morgan fingerprint density at radius 2 is 1.13 bits per heavy atom. The SMILES string of the molecule is CCCCCCCCCCCCCCCCN(C)S(=O)(=O)c1cccc(S(=O)(=O)F)c1. The predicted molar refractivity (Wildman–Crippen MR) is 125 cm³/mol. The van der Waals surface area contributed by atoms with Crippen LogP contribution in [-0.4, -0.2) is 34.7 Å². The molecule has 1 aromatic rings. The Hall–Kier alpha value is -0.990. The van der Waals surface area contributed by atoms with Crippen molar-refractivity contribution in [1.82, 2.24) is 4.31 Å². The molecular weight excluding hydrogens is 437 g/mol. The maximum Gasteiger partial charge on any atom is 0.332 e. The second-order valence-corrected chi connectivity index (χ2v) is 11.7. The van der Waals surface area contributed by atoms with E-state index in [0.29, 0.717) is 6.54 Å². The fourth-order valence-corrected chi connectivity index (χ4v) is 5.45. The third kappa shape index (κ3) is 11.4. The van der Waals surface area contributed by atoms with Crippen LogP contribution in [0.1, 0.15) is 96.8 Å². The third-order valence-electron chi connectivity index (χ3n) is 5.62. The minimum Gasteiger partial charge on any atom is -0.207 e. The van der Waals surface area contributed by atoms with Crippen molar-refractivity contribution in [2.45, 2.75) is 107 Å². The monoisotopic (exact) mass is 477 g/mol. The van der Waals surface area contributed by atoms with Gasteiger partial charge in [-0.15, -0.1) is 3.89 Å². The van der Waals surface area contributed by atoms with Gasteiger partial charge in [-0.05, 0) is 24.6 Å². The maximum atomic E-state index is 13.1. The molecule has 1 rings (SSSR count). The number of halogens is 1. The first kappa shape index (κ1) is 28.0. The summed E-state index contributed by atoms with van der Waals surface area (Å²) in [6.45, 7) is 2.60. The molecule has 0 aliphatic rings. The lowest BCUT2D eigenvalue weighted by Crippen LogP contribution is -2.28. The molecule has 0 saturated carbocycles. The molecule has 0 aliphatic carbocycles. The van der Waals surface area contributed by atoms with Gasteiger partial charge in [0, 0.05) is 13.6 Å². The van der Waals surface area contributed by atoms with E-state index in [1.165, 1.54) is 94.1 Å². The van der Waals surface area contributed by atoms with Gasteiger partial charge in [0.2, 0.25) is 10.0 Å². The van der Waals surface area contributed by atoms with Crippen LogP contribution in [0.2, 0.25) is 0 Å². The van der Waals surface area contributed by atoms with Crippen molar-refractivity contribution in [1.29, 1.82) is 0 Å². The zero-order valence-corrected chi connectivity index (χ0v) is 20.8. The number of unbranched alkanes of at least 4 members (excludes halogenated alkanes) is 13. The van der Waals surface area contributed by atoms with E-state index in [4.69, 9.17) is 0 Å². The standard InChI is InChI=1S/C23H40FNO4S2/c1-3-4-5-6-7-8-9-10-11-12-13-14-15-16-20-25(2)31(28,29)23-19-17-18-22(21-23)30(24,26)27/h17-19,21H,3-16,20H2,1-2H3. The van der Waals surface area contributed by atoms with Gasteiger partial charge in [-0.2, -0.15) is 8.42 Å². The topological polar surface area (TPSA) is 71.5 Å². The van der Waals surface area contributed by atoms with Crippen LogP contribution >= 0.6 is 0 Å². The van der Waals surface area contributed by atoms with E-state index in [0.717, 1.165) is 31.4 Å². The van der Waals surface area contributed by atoms with Gasteiger partial charge >= 0.3 is 10.2 Å². The molecule has 0 bridgehead atoms. The Morgan fingerprint density at radius 3 is 1.58 bits per heavy atom. The molecule has 0 radical (unpaired) electrons. The highest BCUT2D eigenvalue weighted by Crippen LogP contribution is 2.21. The highest BCUT2D eigenvalue weighted by Gasteiger charge is 2.22. The van der Waals surface area contributed by atoms with Crippen molar-refractivity contribution in [3.8, 4) is 0 Å². The molecule has 31 heavy (non-hydrogen) atoms. The molecule has 0 atom stereocenters. The Labute approximate surface area is 189 Å². The van der Waals surface area contributed by atoms with Gasteiger partial charge < -0.3 is 0 Å². The lowest BCUT2D eigenvalue weighted by molar-refractivity contribution is 0.447. The molecule has 0 amide bonds. The molecule has 0 aliphatic heterocycles. The van der Waals surface area contributed by atoms with E-state index in [1.54, 1.807) is 0 Å². The fourth-order valence-electron chi connectivity index (χ4n) is 3.62. The van der Waals surface area contributed by atoms with Gasteiger partial charge in [-0.25, -0.2) is 12.7 Å². The molecule has 0 unspecified atom stereocenters. The summed E-state index contributed by atoms with van der Waals surface area (Å²) in [6, 6.07) is 4.43. The minimum atomic E-state index is -4.94. The van der Waals surface area contributed by atoms with E-state index in [2.05, 4.69) is 6.92 Å². The van der Waals surface area contributed by atoms with Crippen LogP contribution in [0, 0.1) is 0 Å². The van der Waals surface area contributed by atoms with Crippen molar-refractivity contribution in [2.75, 3.05) is 13.6 Å². The minimum absolute atomic E-state index is 0.209. The summed E-state index contributed by atoms with van der Waals surface area (Å²) in [6.07, 6.45) is 17.2. The normalized spacial score (nSPS) is 12.5. The van der Waals surface area contributed by atoms with Gasteiger partial charge in [0.05, 0.1) is 9.79 Å². The van der Waals surface area contributed by atoms with E-state index in [-0.39, 0.29) is 4.90 Å². The third-order valence-corrected chi connectivity index (χ3v) is 8.29. The summed E-state index contributed by atoms with van der Waals surface area (Å²) in [7, 11) is -7.31. The molecule has 0 aromatic heterocycles. The largest absolute Gasteiger partial charge is 0.332 e. The average molecular weight is 478 g/mol. The van der Waals surface area contributed by atoms with Crippen LogP contribution in [0.4, 0.5) is 3.89 Å². The average Bonchev–Trinajstić information content (AvgIpc) is 2.73. The molecule has 0 spiro atoms. The van der Waals surface area contributed by atoms with Crippen LogP contribution < -0.4 is 0 Å². The molecule has 0 fully saturated rings.